The zero-order valence-corrected chi connectivity index (χ0v) is 21.7. The van der Waals surface area contributed by atoms with Crippen LogP contribution in [0.2, 0.25) is 5.02 Å². The molecule has 1 N–H and O–H groups in total. The SMILES string of the molecule is CC[C@@H](NC(=O)CN(c1ccc(C)c(Cl)c1)S(=O)(=O)c1ccccc1)c1ccc2c(c1)CCCC2. The number of hydrogen-bond donors (Lipinski definition) is 1. The van der Waals surface area contributed by atoms with Crippen LogP contribution < -0.4 is 9.62 Å². The number of nitrogens with one attached hydrogen (secondary N) is 1. The van der Waals surface area contributed by atoms with Crippen LogP contribution in [0.5, 0.6) is 0 Å². The fourth-order valence-corrected chi connectivity index (χ4v) is 6.14. The van der Waals surface area contributed by atoms with Crippen LogP contribution in [0.4, 0.5) is 5.69 Å². The molecule has 0 unspecified atom stereocenters. The van der Waals surface area contributed by atoms with Crippen molar-refractivity contribution in [3.63, 3.8) is 0 Å². The highest BCUT2D eigenvalue weighted by atomic mass is 35.5. The first-order valence-corrected chi connectivity index (χ1v) is 13.9. The monoisotopic (exact) mass is 510 g/mol. The van der Waals surface area contributed by atoms with Gasteiger partial charge in [0.2, 0.25) is 5.91 Å². The summed E-state index contributed by atoms with van der Waals surface area (Å²) in [5.41, 5.74) is 4.97. The first-order chi connectivity index (χ1) is 16.8. The van der Waals surface area contributed by atoms with Gasteiger partial charge in [0.1, 0.15) is 6.54 Å². The Morgan fingerprint density at radius 2 is 1.71 bits per heavy atom. The first kappa shape index (κ1) is 25.3. The van der Waals surface area contributed by atoms with Crippen LogP contribution >= 0.6 is 11.6 Å². The molecular formula is C28H31ClN2O3S. The molecule has 0 saturated carbocycles. The standard InChI is InChI=1S/C28H31ClN2O3S/c1-3-27(23-15-14-21-9-7-8-10-22(21)17-23)30-28(32)19-31(24-16-13-20(2)26(29)18-24)35(33,34)25-11-5-4-6-12-25/h4-6,11-18,27H,3,7-10,19H2,1-2H3,(H,30,32)/t27-/m1/s1. The maximum atomic E-state index is 13.6. The molecule has 7 heteroatoms. The highest BCUT2D eigenvalue weighted by Crippen LogP contribution is 2.29. The first-order valence-electron chi connectivity index (χ1n) is 12.0. The summed E-state index contributed by atoms with van der Waals surface area (Å²) in [5.74, 6) is -0.370. The van der Waals surface area contributed by atoms with Gasteiger partial charge in [-0.05, 0) is 85.5 Å². The van der Waals surface area contributed by atoms with E-state index in [4.69, 9.17) is 11.6 Å². The number of nitrogens with zero attached hydrogens (tertiary/aromatic N) is 1. The third-order valence-electron chi connectivity index (χ3n) is 6.58. The van der Waals surface area contributed by atoms with Gasteiger partial charge in [0.05, 0.1) is 16.6 Å². The van der Waals surface area contributed by atoms with E-state index in [1.165, 1.54) is 36.1 Å². The van der Waals surface area contributed by atoms with Gasteiger partial charge in [-0.25, -0.2) is 8.42 Å². The summed E-state index contributed by atoms with van der Waals surface area (Å²) in [6.45, 7) is 3.51. The molecule has 0 saturated heterocycles. The molecule has 3 aromatic carbocycles. The van der Waals surface area contributed by atoms with Crippen LogP contribution in [-0.2, 0) is 27.7 Å². The van der Waals surface area contributed by atoms with E-state index in [0.717, 1.165) is 28.3 Å². The van der Waals surface area contributed by atoms with Crippen molar-refractivity contribution in [2.24, 2.45) is 0 Å². The van der Waals surface area contributed by atoms with Crippen molar-refractivity contribution in [2.45, 2.75) is 56.9 Å². The molecule has 184 valence electrons. The van der Waals surface area contributed by atoms with E-state index in [2.05, 4.69) is 23.5 Å². The zero-order valence-electron chi connectivity index (χ0n) is 20.1. The van der Waals surface area contributed by atoms with Gasteiger partial charge in [0.15, 0.2) is 0 Å². The summed E-state index contributed by atoms with van der Waals surface area (Å²) in [4.78, 5) is 13.4. The van der Waals surface area contributed by atoms with Crippen LogP contribution in [0.3, 0.4) is 0 Å². The lowest BCUT2D eigenvalue weighted by Crippen LogP contribution is -2.42. The van der Waals surface area contributed by atoms with E-state index < -0.39 is 10.0 Å². The number of rotatable bonds is 8. The maximum absolute atomic E-state index is 13.6. The van der Waals surface area contributed by atoms with E-state index in [9.17, 15) is 13.2 Å². The predicted octanol–water partition coefficient (Wildman–Crippen LogP) is 5.99. The Bertz CT molecular complexity index is 1310. The van der Waals surface area contributed by atoms with Gasteiger partial charge in [-0.15, -0.1) is 0 Å². The van der Waals surface area contributed by atoms with Gasteiger partial charge < -0.3 is 5.32 Å². The van der Waals surface area contributed by atoms with Crippen molar-refractivity contribution in [1.82, 2.24) is 5.32 Å². The Balaban J connectivity index is 1.61. The fraction of sp³-hybridized carbons (Fsp3) is 0.321. The van der Waals surface area contributed by atoms with Crippen molar-refractivity contribution < 1.29 is 13.2 Å². The summed E-state index contributed by atoms with van der Waals surface area (Å²) >= 11 is 6.31. The van der Waals surface area contributed by atoms with Gasteiger partial charge >= 0.3 is 0 Å². The average Bonchev–Trinajstić information content (AvgIpc) is 2.87. The van der Waals surface area contributed by atoms with Gasteiger partial charge in [0, 0.05) is 5.02 Å². The minimum Gasteiger partial charge on any atom is -0.348 e. The van der Waals surface area contributed by atoms with Crippen molar-refractivity contribution in [1.29, 1.82) is 0 Å². The van der Waals surface area contributed by atoms with Crippen LogP contribution in [0, 0.1) is 6.92 Å². The molecule has 0 aliphatic heterocycles. The number of aryl methyl sites for hydroxylation is 3. The zero-order chi connectivity index (χ0) is 25.0. The van der Waals surface area contributed by atoms with E-state index in [1.807, 2.05) is 13.8 Å². The number of fused-ring (bicyclic) bond motifs is 1. The van der Waals surface area contributed by atoms with Crippen LogP contribution in [-0.4, -0.2) is 20.9 Å². The quantitative estimate of drug-likeness (QED) is 0.404. The van der Waals surface area contributed by atoms with Crippen molar-refractivity contribution in [3.05, 3.63) is 94.0 Å². The molecule has 1 atom stereocenters. The lowest BCUT2D eigenvalue weighted by molar-refractivity contribution is -0.120. The number of benzene rings is 3. The Morgan fingerprint density at radius 1 is 1.00 bits per heavy atom. The Morgan fingerprint density at radius 3 is 2.40 bits per heavy atom. The largest absolute Gasteiger partial charge is 0.348 e. The van der Waals surface area contributed by atoms with Crippen molar-refractivity contribution in [2.75, 3.05) is 10.8 Å². The second kappa shape index (κ2) is 10.8. The molecule has 4 rings (SSSR count). The van der Waals surface area contributed by atoms with E-state index in [0.29, 0.717) is 17.1 Å². The summed E-state index contributed by atoms with van der Waals surface area (Å²) in [6.07, 6.45) is 5.27. The summed E-state index contributed by atoms with van der Waals surface area (Å²) in [7, 11) is -3.98. The molecule has 0 spiro atoms. The third kappa shape index (κ3) is 5.71. The lowest BCUT2D eigenvalue weighted by Gasteiger charge is -2.26. The number of carbonyl (C=O) groups is 1. The average molecular weight is 511 g/mol. The maximum Gasteiger partial charge on any atom is 0.264 e. The summed E-state index contributed by atoms with van der Waals surface area (Å²) < 4.78 is 28.2. The molecule has 1 amide bonds. The highest BCUT2D eigenvalue weighted by molar-refractivity contribution is 7.92. The molecule has 5 nitrogen and oxygen atoms in total. The summed E-state index contributed by atoms with van der Waals surface area (Å²) in [6, 6.07) is 19.4. The number of halogens is 1. The number of anilines is 1. The number of carbonyl (C=O) groups excluding carboxylic acids is 1. The molecule has 0 radical (unpaired) electrons. The minimum atomic E-state index is -3.98. The highest BCUT2D eigenvalue weighted by Gasteiger charge is 2.28. The Hall–Kier alpha value is -2.83. The van der Waals surface area contributed by atoms with Gasteiger partial charge in [-0.2, -0.15) is 0 Å². The number of amides is 1. The van der Waals surface area contributed by atoms with E-state index >= 15 is 0 Å². The molecule has 0 heterocycles. The minimum absolute atomic E-state index is 0.117. The molecule has 3 aromatic rings. The molecule has 1 aliphatic carbocycles. The van der Waals surface area contributed by atoms with Crippen molar-refractivity contribution >= 4 is 33.2 Å². The summed E-state index contributed by atoms with van der Waals surface area (Å²) in [5, 5.41) is 3.50. The topological polar surface area (TPSA) is 66.5 Å². The molecule has 0 bridgehead atoms. The Kier molecular flexibility index (Phi) is 7.82. The molecule has 35 heavy (non-hydrogen) atoms. The number of sulfonamides is 1. The molecular weight excluding hydrogens is 480 g/mol. The normalized spacial score (nSPS) is 14.1. The van der Waals surface area contributed by atoms with Crippen LogP contribution in [0.1, 0.15) is 54.5 Å². The van der Waals surface area contributed by atoms with Gasteiger partial charge in [-0.1, -0.05) is 61.0 Å². The Labute approximate surface area is 213 Å². The molecule has 1 aliphatic rings. The van der Waals surface area contributed by atoms with Crippen LogP contribution in [0.25, 0.3) is 0 Å². The fourth-order valence-electron chi connectivity index (χ4n) is 4.53. The van der Waals surface area contributed by atoms with E-state index in [1.54, 1.807) is 36.4 Å². The number of hydrogen-bond acceptors (Lipinski definition) is 3. The predicted molar refractivity (Wildman–Crippen MR) is 141 cm³/mol. The van der Waals surface area contributed by atoms with Gasteiger partial charge in [-0.3, -0.25) is 9.10 Å². The molecule has 0 aromatic heterocycles. The van der Waals surface area contributed by atoms with E-state index in [-0.39, 0.29) is 23.4 Å². The molecule has 0 fully saturated rings. The second-order valence-electron chi connectivity index (χ2n) is 9.02. The van der Waals surface area contributed by atoms with Crippen molar-refractivity contribution in [3.8, 4) is 0 Å². The van der Waals surface area contributed by atoms with Gasteiger partial charge in [0.25, 0.3) is 10.0 Å². The second-order valence-corrected chi connectivity index (χ2v) is 11.3. The smallest absolute Gasteiger partial charge is 0.264 e. The lowest BCUT2D eigenvalue weighted by atomic mass is 9.89. The van der Waals surface area contributed by atoms with Crippen LogP contribution in [0.15, 0.2) is 71.6 Å². The third-order valence-corrected chi connectivity index (χ3v) is 8.78.